The number of halogens is 1. The van der Waals surface area contributed by atoms with Crippen LogP contribution >= 0.6 is 0 Å². The summed E-state index contributed by atoms with van der Waals surface area (Å²) in [5.41, 5.74) is 3.58. The summed E-state index contributed by atoms with van der Waals surface area (Å²) in [5.74, 6) is -1.52. The predicted octanol–water partition coefficient (Wildman–Crippen LogP) is 1.38. The smallest absolute Gasteiger partial charge is 0.273 e. The molecule has 1 atom stereocenters. The number of rotatable bonds is 6. The molecule has 2 rings (SSSR count). The third-order valence-corrected chi connectivity index (χ3v) is 3.98. The molecule has 0 aliphatic heterocycles. The molecule has 1 N–H and O–H groups in total. The van der Waals surface area contributed by atoms with Crippen LogP contribution < -0.4 is 5.43 Å². The van der Waals surface area contributed by atoms with Crippen molar-refractivity contribution in [2.45, 2.75) is 34.2 Å². The summed E-state index contributed by atoms with van der Waals surface area (Å²) in [7, 11) is 1.47. The van der Waals surface area contributed by atoms with Crippen LogP contribution in [0.2, 0.25) is 0 Å². The van der Waals surface area contributed by atoms with E-state index in [0.717, 1.165) is 4.68 Å². The molecule has 10 nitrogen and oxygen atoms in total. The third kappa shape index (κ3) is 3.76. The number of hydrogen-bond donors (Lipinski definition) is 1. The summed E-state index contributed by atoms with van der Waals surface area (Å²) in [4.78, 5) is 22.7. The zero-order valence-electron chi connectivity index (χ0n) is 15.1. The number of hydrogen-bond acceptors (Lipinski definition) is 6. The Morgan fingerprint density at radius 3 is 2.54 bits per heavy atom. The minimum absolute atomic E-state index is 0.0573. The molecule has 140 valence electrons. The van der Waals surface area contributed by atoms with Gasteiger partial charge < -0.3 is 0 Å². The first kappa shape index (κ1) is 19.2. The first-order valence-electron chi connectivity index (χ1n) is 7.83. The molecule has 2 aromatic heterocycles. The zero-order valence-corrected chi connectivity index (χ0v) is 15.1. The average Bonchev–Trinajstić information content (AvgIpc) is 2.96. The summed E-state index contributed by atoms with van der Waals surface area (Å²) in [6.45, 7) is 6.55. The van der Waals surface area contributed by atoms with Gasteiger partial charge in [0.15, 0.2) is 0 Å². The van der Waals surface area contributed by atoms with Crippen molar-refractivity contribution >= 4 is 17.8 Å². The Hall–Kier alpha value is -3.11. The maximum Gasteiger partial charge on any atom is 0.312 e. The van der Waals surface area contributed by atoms with Gasteiger partial charge in [-0.05, 0) is 20.8 Å². The van der Waals surface area contributed by atoms with Crippen LogP contribution in [0.25, 0.3) is 0 Å². The van der Waals surface area contributed by atoms with Crippen LogP contribution in [0.5, 0.6) is 0 Å². The van der Waals surface area contributed by atoms with Crippen LogP contribution in [0, 0.1) is 42.8 Å². The standard InChI is InChI=1S/C15H20FN7O3/c1-8(7-22-11(4)13(23(25)26)10(3)20-22)15(24)18-17-6-12-9(2)19-21(5)14(12)16/h6,8H,7H2,1-5H3,(H,18,24)/b17-6-/t8-/m0/s1. The Morgan fingerprint density at radius 1 is 1.38 bits per heavy atom. The number of aromatic nitrogens is 4. The van der Waals surface area contributed by atoms with Crippen molar-refractivity contribution < 1.29 is 14.1 Å². The van der Waals surface area contributed by atoms with Crippen LogP contribution in [-0.4, -0.2) is 36.6 Å². The fourth-order valence-corrected chi connectivity index (χ4v) is 2.54. The average molecular weight is 365 g/mol. The second kappa shape index (κ2) is 7.42. The molecule has 0 aromatic carbocycles. The van der Waals surface area contributed by atoms with E-state index < -0.39 is 22.7 Å². The van der Waals surface area contributed by atoms with Crippen LogP contribution in [0.3, 0.4) is 0 Å². The van der Waals surface area contributed by atoms with E-state index in [1.165, 1.54) is 17.9 Å². The largest absolute Gasteiger partial charge is 0.312 e. The molecule has 2 heterocycles. The quantitative estimate of drug-likeness (QED) is 0.471. The molecule has 0 saturated carbocycles. The normalized spacial score (nSPS) is 12.5. The van der Waals surface area contributed by atoms with Gasteiger partial charge in [-0.2, -0.15) is 19.7 Å². The van der Waals surface area contributed by atoms with Crippen molar-refractivity contribution in [1.29, 1.82) is 0 Å². The van der Waals surface area contributed by atoms with Crippen molar-refractivity contribution in [1.82, 2.24) is 25.0 Å². The van der Waals surface area contributed by atoms with Gasteiger partial charge in [-0.1, -0.05) is 6.92 Å². The lowest BCUT2D eigenvalue weighted by Crippen LogP contribution is -2.28. The Morgan fingerprint density at radius 2 is 2.04 bits per heavy atom. The van der Waals surface area contributed by atoms with E-state index in [1.54, 1.807) is 27.7 Å². The number of carbonyl (C=O) groups is 1. The number of nitrogens with one attached hydrogen (secondary N) is 1. The number of aryl methyl sites for hydroxylation is 3. The number of hydrazone groups is 1. The van der Waals surface area contributed by atoms with Crippen LogP contribution in [0.15, 0.2) is 5.10 Å². The Kier molecular flexibility index (Phi) is 5.48. The summed E-state index contributed by atoms with van der Waals surface area (Å²) in [6, 6.07) is 0. The van der Waals surface area contributed by atoms with Crippen LogP contribution in [0.1, 0.15) is 29.6 Å². The highest BCUT2D eigenvalue weighted by molar-refractivity contribution is 5.84. The molecular weight excluding hydrogens is 345 g/mol. The number of amides is 1. The minimum Gasteiger partial charge on any atom is -0.273 e. The molecule has 0 radical (unpaired) electrons. The number of carbonyl (C=O) groups excluding carboxylic acids is 1. The van der Waals surface area contributed by atoms with Gasteiger partial charge in [0.05, 0.1) is 34.9 Å². The minimum atomic E-state index is -0.552. The van der Waals surface area contributed by atoms with Crippen LogP contribution in [0.4, 0.5) is 10.1 Å². The second-order valence-corrected chi connectivity index (χ2v) is 6.01. The van der Waals surface area contributed by atoms with E-state index in [2.05, 4.69) is 20.7 Å². The van der Waals surface area contributed by atoms with Crippen molar-refractivity contribution in [2.24, 2.45) is 18.1 Å². The Labute approximate surface area is 148 Å². The van der Waals surface area contributed by atoms with Gasteiger partial charge in [-0.25, -0.2) is 10.1 Å². The molecule has 1 amide bonds. The molecule has 0 unspecified atom stereocenters. The molecule has 0 bridgehead atoms. The van der Waals surface area contributed by atoms with Gasteiger partial charge in [0.2, 0.25) is 11.9 Å². The number of nitro groups is 1. The van der Waals surface area contributed by atoms with Crippen molar-refractivity contribution in [3.63, 3.8) is 0 Å². The second-order valence-electron chi connectivity index (χ2n) is 6.01. The van der Waals surface area contributed by atoms with Gasteiger partial charge in [-0.3, -0.25) is 19.6 Å². The summed E-state index contributed by atoms with van der Waals surface area (Å²) in [5, 5.41) is 22.8. The molecule has 2 aromatic rings. The van der Waals surface area contributed by atoms with Gasteiger partial charge in [-0.15, -0.1) is 0 Å². The van der Waals surface area contributed by atoms with E-state index in [1.807, 2.05) is 0 Å². The predicted molar refractivity (Wildman–Crippen MR) is 91.2 cm³/mol. The molecule has 0 saturated heterocycles. The summed E-state index contributed by atoms with van der Waals surface area (Å²) >= 11 is 0. The fraction of sp³-hybridized carbons (Fsp3) is 0.467. The highest BCUT2D eigenvalue weighted by Crippen LogP contribution is 2.22. The van der Waals surface area contributed by atoms with Gasteiger partial charge in [0.1, 0.15) is 11.4 Å². The lowest BCUT2D eigenvalue weighted by Gasteiger charge is -2.10. The van der Waals surface area contributed by atoms with E-state index in [-0.39, 0.29) is 17.8 Å². The fourth-order valence-electron chi connectivity index (χ4n) is 2.54. The topological polar surface area (TPSA) is 120 Å². The van der Waals surface area contributed by atoms with Gasteiger partial charge in [0.25, 0.3) is 0 Å². The monoisotopic (exact) mass is 365 g/mol. The Bertz CT molecular complexity index is 884. The number of nitrogens with zero attached hydrogens (tertiary/aromatic N) is 6. The molecule has 0 fully saturated rings. The summed E-state index contributed by atoms with van der Waals surface area (Å²) in [6.07, 6.45) is 1.19. The van der Waals surface area contributed by atoms with E-state index in [0.29, 0.717) is 17.1 Å². The lowest BCUT2D eigenvalue weighted by atomic mass is 10.1. The van der Waals surface area contributed by atoms with E-state index in [9.17, 15) is 19.3 Å². The lowest BCUT2D eigenvalue weighted by molar-refractivity contribution is -0.386. The van der Waals surface area contributed by atoms with Crippen molar-refractivity contribution in [3.8, 4) is 0 Å². The molecule has 0 aliphatic rings. The SMILES string of the molecule is Cc1nn(C)c(F)c1/C=N\NC(=O)[C@@H](C)Cn1nc(C)c([N+](=O)[O-])c1C. The molecular formula is C15H20FN7O3. The first-order valence-corrected chi connectivity index (χ1v) is 7.83. The highest BCUT2D eigenvalue weighted by atomic mass is 19.1. The maximum atomic E-state index is 13.8. The van der Waals surface area contributed by atoms with E-state index >= 15 is 0 Å². The van der Waals surface area contributed by atoms with Crippen molar-refractivity contribution in [2.75, 3.05) is 0 Å². The molecule has 0 aliphatic carbocycles. The first-order chi connectivity index (χ1) is 12.1. The molecule has 26 heavy (non-hydrogen) atoms. The van der Waals surface area contributed by atoms with Gasteiger partial charge in [0, 0.05) is 7.05 Å². The molecule has 0 spiro atoms. The van der Waals surface area contributed by atoms with E-state index in [4.69, 9.17) is 0 Å². The maximum absolute atomic E-state index is 13.8. The van der Waals surface area contributed by atoms with Crippen LogP contribution in [-0.2, 0) is 18.4 Å². The summed E-state index contributed by atoms with van der Waals surface area (Å²) < 4.78 is 16.3. The van der Waals surface area contributed by atoms with Crippen molar-refractivity contribution in [3.05, 3.63) is 38.7 Å². The zero-order chi connectivity index (χ0) is 19.6. The Balaban J connectivity index is 2.03. The molecule has 11 heteroatoms. The highest BCUT2D eigenvalue weighted by Gasteiger charge is 2.24. The van der Waals surface area contributed by atoms with Gasteiger partial charge >= 0.3 is 5.69 Å². The third-order valence-electron chi connectivity index (χ3n) is 3.98.